The lowest BCUT2D eigenvalue weighted by atomic mass is 10.0. The maximum atomic E-state index is 13.1. The van der Waals surface area contributed by atoms with E-state index in [0.717, 1.165) is 31.2 Å². The maximum absolute atomic E-state index is 13.1. The molecule has 154 valence electrons. The van der Waals surface area contributed by atoms with Crippen LogP contribution < -0.4 is 11.2 Å². The molecule has 1 aliphatic rings. The Hall–Kier alpha value is -3.14. The van der Waals surface area contributed by atoms with Crippen LogP contribution in [0, 0.1) is 0 Å². The SMILES string of the molecule is Cn1cnc2c1c(=O)n(CC(=O)N1CCc3[nH]c4c(Br)cccc4c3C1)c(=O)n2C. The molecule has 0 bridgehead atoms. The quantitative estimate of drug-likeness (QED) is 0.476. The zero-order chi connectivity index (χ0) is 21.2. The third-order valence-electron chi connectivity index (χ3n) is 5.81. The van der Waals surface area contributed by atoms with Crippen molar-refractivity contribution in [3.05, 3.63) is 61.1 Å². The molecule has 0 spiro atoms. The first-order chi connectivity index (χ1) is 14.4. The van der Waals surface area contributed by atoms with Crippen molar-refractivity contribution in [2.24, 2.45) is 14.1 Å². The lowest BCUT2D eigenvalue weighted by Crippen LogP contribution is -2.45. The Morgan fingerprint density at radius 1 is 1.27 bits per heavy atom. The van der Waals surface area contributed by atoms with Crippen molar-refractivity contribution < 1.29 is 4.79 Å². The summed E-state index contributed by atoms with van der Waals surface area (Å²) in [4.78, 5) is 47.9. The number of carbonyl (C=O) groups is 1. The molecule has 4 heterocycles. The van der Waals surface area contributed by atoms with Crippen LogP contribution in [0.25, 0.3) is 22.1 Å². The topological polar surface area (TPSA) is 97.9 Å². The van der Waals surface area contributed by atoms with E-state index in [1.807, 2.05) is 18.2 Å². The minimum atomic E-state index is -0.548. The van der Waals surface area contributed by atoms with E-state index >= 15 is 0 Å². The van der Waals surface area contributed by atoms with Crippen LogP contribution in [0.3, 0.4) is 0 Å². The van der Waals surface area contributed by atoms with Gasteiger partial charge in [-0.2, -0.15) is 0 Å². The van der Waals surface area contributed by atoms with Gasteiger partial charge in [0.05, 0.1) is 11.8 Å². The fraction of sp³-hybridized carbons (Fsp3) is 0.300. The second kappa shape index (κ2) is 6.69. The molecule has 1 N–H and O–H groups in total. The number of aromatic amines is 1. The Bertz CT molecular complexity index is 1460. The number of carbonyl (C=O) groups excluding carboxylic acids is 1. The first kappa shape index (κ1) is 18.9. The molecule has 0 saturated heterocycles. The molecular formula is C20H19BrN6O3. The smallest absolute Gasteiger partial charge is 0.332 e. The van der Waals surface area contributed by atoms with Gasteiger partial charge in [0, 0.05) is 54.7 Å². The number of aryl methyl sites for hydroxylation is 2. The average molecular weight is 471 g/mol. The van der Waals surface area contributed by atoms with Gasteiger partial charge in [-0.15, -0.1) is 0 Å². The second-order valence-electron chi connectivity index (χ2n) is 7.57. The molecule has 3 aromatic heterocycles. The summed E-state index contributed by atoms with van der Waals surface area (Å²) in [6.45, 7) is 0.668. The van der Waals surface area contributed by atoms with E-state index in [4.69, 9.17) is 0 Å². The van der Waals surface area contributed by atoms with E-state index in [1.165, 1.54) is 10.9 Å². The van der Waals surface area contributed by atoms with Crippen molar-refractivity contribution in [1.82, 2.24) is 28.6 Å². The number of benzene rings is 1. The van der Waals surface area contributed by atoms with Gasteiger partial charge < -0.3 is 14.5 Å². The number of H-pyrrole nitrogens is 1. The fourth-order valence-electron chi connectivity index (χ4n) is 4.19. The molecule has 1 aromatic carbocycles. The summed E-state index contributed by atoms with van der Waals surface area (Å²) in [6, 6.07) is 5.97. The molecule has 4 aromatic rings. The van der Waals surface area contributed by atoms with Gasteiger partial charge in [0.25, 0.3) is 5.56 Å². The standard InChI is InChI=1S/C20H19BrN6O3/c1-24-10-22-18-17(24)19(29)27(20(30)25(18)2)9-15(28)26-7-6-14-12(8-26)11-4-3-5-13(21)16(11)23-14/h3-5,10,23H,6-9H2,1-2H3. The van der Waals surface area contributed by atoms with Gasteiger partial charge in [-0.3, -0.25) is 14.2 Å². The van der Waals surface area contributed by atoms with Crippen LogP contribution in [0.4, 0.5) is 0 Å². The largest absolute Gasteiger partial charge is 0.357 e. The van der Waals surface area contributed by atoms with Gasteiger partial charge in [0.15, 0.2) is 11.2 Å². The number of aromatic nitrogens is 5. The van der Waals surface area contributed by atoms with Crippen LogP contribution in [0.15, 0.2) is 38.6 Å². The van der Waals surface area contributed by atoms with Gasteiger partial charge in [-0.1, -0.05) is 12.1 Å². The van der Waals surface area contributed by atoms with E-state index < -0.39 is 11.2 Å². The van der Waals surface area contributed by atoms with Crippen LogP contribution in [-0.2, 0) is 38.4 Å². The highest BCUT2D eigenvalue weighted by Crippen LogP contribution is 2.31. The molecule has 0 fully saturated rings. The van der Waals surface area contributed by atoms with E-state index in [1.54, 1.807) is 23.6 Å². The third-order valence-corrected chi connectivity index (χ3v) is 6.47. The number of para-hydroxylation sites is 1. The zero-order valence-corrected chi connectivity index (χ0v) is 18.1. The van der Waals surface area contributed by atoms with Gasteiger partial charge in [-0.25, -0.2) is 14.3 Å². The number of halogens is 1. The lowest BCUT2D eigenvalue weighted by Gasteiger charge is -2.27. The predicted molar refractivity (Wildman–Crippen MR) is 115 cm³/mol. The summed E-state index contributed by atoms with van der Waals surface area (Å²) in [5.41, 5.74) is 2.76. The molecule has 0 radical (unpaired) electrons. The van der Waals surface area contributed by atoms with Crippen molar-refractivity contribution in [2.45, 2.75) is 19.5 Å². The second-order valence-corrected chi connectivity index (χ2v) is 8.42. The Morgan fingerprint density at radius 3 is 2.87 bits per heavy atom. The van der Waals surface area contributed by atoms with Crippen molar-refractivity contribution in [3.8, 4) is 0 Å². The van der Waals surface area contributed by atoms with Crippen LogP contribution in [0.2, 0.25) is 0 Å². The van der Waals surface area contributed by atoms with Gasteiger partial charge in [0.1, 0.15) is 6.54 Å². The van der Waals surface area contributed by atoms with Crippen LogP contribution in [0.5, 0.6) is 0 Å². The third kappa shape index (κ3) is 2.67. The van der Waals surface area contributed by atoms with E-state index in [-0.39, 0.29) is 12.5 Å². The van der Waals surface area contributed by atoms with E-state index in [0.29, 0.717) is 30.7 Å². The Labute approximate surface area is 178 Å². The molecule has 0 aliphatic carbocycles. The Balaban J connectivity index is 1.50. The summed E-state index contributed by atoms with van der Waals surface area (Å²) in [5, 5.41) is 1.07. The van der Waals surface area contributed by atoms with Crippen molar-refractivity contribution in [3.63, 3.8) is 0 Å². The summed E-state index contributed by atoms with van der Waals surface area (Å²) in [7, 11) is 3.24. The lowest BCUT2D eigenvalue weighted by molar-refractivity contribution is -0.132. The van der Waals surface area contributed by atoms with Crippen LogP contribution in [-0.4, -0.2) is 41.0 Å². The predicted octanol–water partition coefficient (Wildman–Crippen LogP) is 1.26. The number of nitrogens with one attached hydrogen (secondary N) is 1. The molecule has 0 atom stereocenters. The normalized spacial score (nSPS) is 13.9. The van der Waals surface area contributed by atoms with Gasteiger partial charge in [-0.05, 0) is 22.0 Å². The molecule has 1 amide bonds. The molecule has 5 rings (SSSR count). The van der Waals surface area contributed by atoms with Crippen LogP contribution in [0.1, 0.15) is 11.3 Å². The highest BCUT2D eigenvalue weighted by Gasteiger charge is 2.26. The number of hydrogen-bond acceptors (Lipinski definition) is 4. The molecule has 9 nitrogen and oxygen atoms in total. The van der Waals surface area contributed by atoms with Crippen molar-refractivity contribution in [1.29, 1.82) is 0 Å². The fourth-order valence-corrected chi connectivity index (χ4v) is 4.65. The molecule has 0 unspecified atom stereocenters. The molecule has 30 heavy (non-hydrogen) atoms. The first-order valence-corrected chi connectivity index (χ1v) is 10.3. The first-order valence-electron chi connectivity index (χ1n) is 9.53. The monoisotopic (exact) mass is 470 g/mol. The van der Waals surface area contributed by atoms with Gasteiger partial charge >= 0.3 is 5.69 Å². The Kier molecular flexibility index (Phi) is 4.21. The molecule has 10 heteroatoms. The van der Waals surface area contributed by atoms with Crippen molar-refractivity contribution in [2.75, 3.05) is 6.54 Å². The minimum Gasteiger partial charge on any atom is -0.357 e. The number of nitrogens with zero attached hydrogens (tertiary/aromatic N) is 5. The zero-order valence-electron chi connectivity index (χ0n) is 16.5. The number of amides is 1. The average Bonchev–Trinajstić information content (AvgIpc) is 3.30. The minimum absolute atomic E-state index is 0.259. The highest BCUT2D eigenvalue weighted by molar-refractivity contribution is 9.10. The highest BCUT2D eigenvalue weighted by atomic mass is 79.9. The van der Waals surface area contributed by atoms with Crippen molar-refractivity contribution >= 4 is 43.9 Å². The molecule has 1 aliphatic heterocycles. The number of rotatable bonds is 2. The van der Waals surface area contributed by atoms with E-state index in [9.17, 15) is 14.4 Å². The maximum Gasteiger partial charge on any atom is 0.332 e. The Morgan fingerprint density at radius 2 is 2.07 bits per heavy atom. The van der Waals surface area contributed by atoms with E-state index in [2.05, 4.69) is 25.9 Å². The number of hydrogen-bond donors (Lipinski definition) is 1. The summed E-state index contributed by atoms with van der Waals surface area (Å²) < 4.78 is 4.84. The summed E-state index contributed by atoms with van der Waals surface area (Å²) >= 11 is 3.56. The summed E-state index contributed by atoms with van der Waals surface area (Å²) in [6.07, 6.45) is 2.18. The summed E-state index contributed by atoms with van der Waals surface area (Å²) in [5.74, 6) is -0.259. The molecular weight excluding hydrogens is 452 g/mol. The number of fused-ring (bicyclic) bond motifs is 4. The number of imidazole rings is 1. The van der Waals surface area contributed by atoms with Crippen LogP contribution >= 0.6 is 15.9 Å². The van der Waals surface area contributed by atoms with Gasteiger partial charge in [0.2, 0.25) is 5.91 Å². The molecule has 0 saturated carbocycles.